The normalized spacial score (nSPS) is 10.5. The van der Waals surface area contributed by atoms with E-state index in [1.165, 1.54) is 4.88 Å². The number of thiophene rings is 1. The maximum absolute atomic E-state index is 9.13. The lowest BCUT2D eigenvalue weighted by Crippen LogP contribution is -1.99. The molecule has 0 fully saturated rings. The third kappa shape index (κ3) is 3.21. The van der Waals surface area contributed by atoms with E-state index in [1.54, 1.807) is 23.1 Å². The molecule has 0 saturated heterocycles. The van der Waals surface area contributed by atoms with Crippen molar-refractivity contribution in [3.05, 3.63) is 63.6 Å². The molecular weight excluding hydrogens is 312 g/mol. The summed E-state index contributed by atoms with van der Waals surface area (Å²) in [6, 6.07) is 14.0. The average molecular weight is 326 g/mol. The van der Waals surface area contributed by atoms with Gasteiger partial charge in [0.25, 0.3) is 0 Å². The van der Waals surface area contributed by atoms with Crippen LogP contribution in [-0.2, 0) is 19.2 Å². The van der Waals surface area contributed by atoms with E-state index in [0.29, 0.717) is 5.75 Å². The standard InChI is InChI=1S/C16H14N4S2/c1-20-15(9-14-7-4-8-21-14)18-19-16(20)22-11-13-6-3-2-5-12(13)10-17/h2-8H,9,11H2,1H3. The van der Waals surface area contributed by atoms with Gasteiger partial charge in [-0.25, -0.2) is 0 Å². The zero-order valence-electron chi connectivity index (χ0n) is 12.1. The molecule has 0 unspecified atom stereocenters. The Morgan fingerprint density at radius 1 is 1.23 bits per heavy atom. The second-order valence-corrected chi connectivity index (χ2v) is 6.75. The average Bonchev–Trinajstić information content (AvgIpc) is 3.17. The molecule has 3 rings (SSSR count). The van der Waals surface area contributed by atoms with E-state index >= 15 is 0 Å². The van der Waals surface area contributed by atoms with Gasteiger partial charge in [0.05, 0.1) is 11.6 Å². The van der Waals surface area contributed by atoms with Crippen molar-refractivity contribution < 1.29 is 0 Å². The molecule has 0 radical (unpaired) electrons. The first-order valence-electron chi connectivity index (χ1n) is 6.79. The van der Waals surface area contributed by atoms with Gasteiger partial charge in [-0.15, -0.1) is 21.5 Å². The van der Waals surface area contributed by atoms with Crippen molar-refractivity contribution in [2.24, 2.45) is 7.05 Å². The van der Waals surface area contributed by atoms with Gasteiger partial charge in [-0.1, -0.05) is 36.0 Å². The molecule has 3 aromatic rings. The van der Waals surface area contributed by atoms with E-state index in [2.05, 4.69) is 27.7 Å². The van der Waals surface area contributed by atoms with E-state index in [1.807, 2.05) is 41.9 Å². The molecule has 2 aromatic heterocycles. The van der Waals surface area contributed by atoms with Gasteiger partial charge in [0.2, 0.25) is 0 Å². The Bertz CT molecular complexity index is 800. The summed E-state index contributed by atoms with van der Waals surface area (Å²) in [5, 5.41) is 20.6. The first-order chi connectivity index (χ1) is 10.8. The van der Waals surface area contributed by atoms with Crippen LogP contribution < -0.4 is 0 Å². The topological polar surface area (TPSA) is 54.5 Å². The molecule has 4 nitrogen and oxygen atoms in total. The van der Waals surface area contributed by atoms with Crippen molar-refractivity contribution >= 4 is 23.1 Å². The lowest BCUT2D eigenvalue weighted by molar-refractivity contribution is 0.751. The Balaban J connectivity index is 1.71. The van der Waals surface area contributed by atoms with Crippen LogP contribution in [0.5, 0.6) is 0 Å². The van der Waals surface area contributed by atoms with Gasteiger partial charge in [0.15, 0.2) is 5.16 Å². The Morgan fingerprint density at radius 2 is 2.09 bits per heavy atom. The fourth-order valence-electron chi connectivity index (χ4n) is 2.09. The number of aromatic nitrogens is 3. The second kappa shape index (κ2) is 6.77. The highest BCUT2D eigenvalue weighted by molar-refractivity contribution is 7.98. The quantitative estimate of drug-likeness (QED) is 0.672. The van der Waals surface area contributed by atoms with Crippen LogP contribution >= 0.6 is 23.1 Å². The zero-order chi connectivity index (χ0) is 15.4. The van der Waals surface area contributed by atoms with Gasteiger partial charge in [-0.05, 0) is 23.1 Å². The molecule has 0 spiro atoms. The minimum absolute atomic E-state index is 0.717. The highest BCUT2D eigenvalue weighted by Crippen LogP contribution is 2.24. The smallest absolute Gasteiger partial charge is 0.191 e. The van der Waals surface area contributed by atoms with Gasteiger partial charge in [-0.3, -0.25) is 0 Å². The van der Waals surface area contributed by atoms with Crippen LogP contribution in [0.1, 0.15) is 21.8 Å². The summed E-state index contributed by atoms with van der Waals surface area (Å²) in [4.78, 5) is 1.28. The maximum atomic E-state index is 9.13. The second-order valence-electron chi connectivity index (χ2n) is 4.77. The minimum Gasteiger partial charge on any atom is -0.309 e. The molecule has 0 N–H and O–H groups in total. The zero-order valence-corrected chi connectivity index (χ0v) is 13.7. The number of nitrogens with zero attached hydrogens (tertiary/aromatic N) is 4. The number of hydrogen-bond donors (Lipinski definition) is 0. The van der Waals surface area contributed by atoms with Crippen molar-refractivity contribution in [2.45, 2.75) is 17.3 Å². The van der Waals surface area contributed by atoms with Crippen LogP contribution in [0.15, 0.2) is 46.9 Å². The Morgan fingerprint density at radius 3 is 2.86 bits per heavy atom. The van der Waals surface area contributed by atoms with Crippen molar-refractivity contribution in [3.63, 3.8) is 0 Å². The number of benzene rings is 1. The fraction of sp³-hybridized carbons (Fsp3) is 0.188. The summed E-state index contributed by atoms with van der Waals surface area (Å²) < 4.78 is 2.03. The number of nitriles is 1. The van der Waals surface area contributed by atoms with E-state index in [9.17, 15) is 0 Å². The van der Waals surface area contributed by atoms with E-state index in [-0.39, 0.29) is 0 Å². The van der Waals surface area contributed by atoms with Crippen LogP contribution in [0.25, 0.3) is 0 Å². The third-order valence-corrected chi connectivity index (χ3v) is 5.28. The molecule has 2 heterocycles. The van der Waals surface area contributed by atoms with Crippen LogP contribution in [0.4, 0.5) is 0 Å². The van der Waals surface area contributed by atoms with Crippen LogP contribution in [0.3, 0.4) is 0 Å². The lowest BCUT2D eigenvalue weighted by Gasteiger charge is -2.04. The molecule has 0 saturated carbocycles. The Kier molecular flexibility index (Phi) is 4.56. The summed E-state index contributed by atoms with van der Waals surface area (Å²) >= 11 is 3.33. The van der Waals surface area contributed by atoms with Gasteiger partial charge in [0.1, 0.15) is 5.82 Å². The Hall–Kier alpha value is -2.10. The molecule has 0 atom stereocenters. The largest absolute Gasteiger partial charge is 0.309 e. The highest BCUT2D eigenvalue weighted by Gasteiger charge is 2.11. The van der Waals surface area contributed by atoms with E-state index in [4.69, 9.17) is 5.26 Å². The van der Waals surface area contributed by atoms with Gasteiger partial charge < -0.3 is 4.57 Å². The molecule has 0 aliphatic heterocycles. The fourth-order valence-corrected chi connectivity index (χ4v) is 3.73. The SMILES string of the molecule is Cn1c(Cc2cccs2)nnc1SCc1ccccc1C#N. The molecule has 6 heteroatoms. The number of rotatable bonds is 5. The van der Waals surface area contributed by atoms with Crippen LogP contribution in [-0.4, -0.2) is 14.8 Å². The maximum Gasteiger partial charge on any atom is 0.191 e. The van der Waals surface area contributed by atoms with Crippen molar-refractivity contribution in [3.8, 4) is 6.07 Å². The van der Waals surface area contributed by atoms with Gasteiger partial charge in [-0.2, -0.15) is 5.26 Å². The first-order valence-corrected chi connectivity index (χ1v) is 8.66. The number of thioether (sulfide) groups is 1. The molecule has 22 heavy (non-hydrogen) atoms. The monoisotopic (exact) mass is 326 g/mol. The summed E-state index contributed by atoms with van der Waals surface area (Å²) in [6.45, 7) is 0. The molecule has 0 bridgehead atoms. The number of hydrogen-bond acceptors (Lipinski definition) is 5. The van der Waals surface area contributed by atoms with Gasteiger partial charge >= 0.3 is 0 Å². The van der Waals surface area contributed by atoms with Crippen LogP contribution in [0, 0.1) is 11.3 Å². The third-order valence-electron chi connectivity index (χ3n) is 3.33. The highest BCUT2D eigenvalue weighted by atomic mass is 32.2. The Labute approximate surface area is 137 Å². The lowest BCUT2D eigenvalue weighted by atomic mass is 10.1. The molecule has 0 amide bonds. The predicted octanol–water partition coefficient (Wildman–Crippen LogP) is 3.63. The van der Waals surface area contributed by atoms with Crippen molar-refractivity contribution in [1.82, 2.24) is 14.8 Å². The van der Waals surface area contributed by atoms with E-state index in [0.717, 1.165) is 28.5 Å². The minimum atomic E-state index is 0.717. The summed E-state index contributed by atoms with van der Waals surface area (Å²) in [5.74, 6) is 1.67. The van der Waals surface area contributed by atoms with Crippen molar-refractivity contribution in [2.75, 3.05) is 0 Å². The summed E-state index contributed by atoms with van der Waals surface area (Å²) in [5.41, 5.74) is 1.74. The summed E-state index contributed by atoms with van der Waals surface area (Å²) in [7, 11) is 1.99. The van der Waals surface area contributed by atoms with Crippen LogP contribution in [0.2, 0.25) is 0 Å². The van der Waals surface area contributed by atoms with E-state index < -0.39 is 0 Å². The molecule has 0 aliphatic carbocycles. The molecule has 0 aliphatic rings. The molecule has 1 aromatic carbocycles. The summed E-state index contributed by atoms with van der Waals surface area (Å²) in [6.07, 6.45) is 0.802. The first kappa shape index (κ1) is 14.8. The molecular formula is C16H14N4S2. The van der Waals surface area contributed by atoms with Gasteiger partial charge in [0, 0.05) is 24.1 Å². The predicted molar refractivity (Wildman–Crippen MR) is 88.8 cm³/mol. The molecule has 110 valence electrons. The van der Waals surface area contributed by atoms with Crippen molar-refractivity contribution in [1.29, 1.82) is 5.26 Å².